The summed E-state index contributed by atoms with van der Waals surface area (Å²) in [5.41, 5.74) is 9.92. The Morgan fingerprint density at radius 2 is 1.74 bits per heavy atom. The summed E-state index contributed by atoms with van der Waals surface area (Å²) in [5, 5.41) is 3.04. The summed E-state index contributed by atoms with van der Waals surface area (Å²) in [6.45, 7) is 0. The highest BCUT2D eigenvalue weighted by Crippen LogP contribution is 2.31. The second-order valence-corrected chi connectivity index (χ2v) is 5.71. The Morgan fingerprint density at radius 1 is 1.04 bits per heavy atom. The maximum absolute atomic E-state index is 12.6. The van der Waals surface area contributed by atoms with Crippen LogP contribution in [0.5, 0.6) is 0 Å². The molecule has 3 N–H and O–H groups in total. The molecule has 114 valence electrons. The fourth-order valence-corrected chi connectivity index (χ4v) is 3.11. The predicted octanol–water partition coefficient (Wildman–Crippen LogP) is 2.63. The summed E-state index contributed by atoms with van der Waals surface area (Å²) < 4.78 is 0. The molecule has 0 spiro atoms. The summed E-state index contributed by atoms with van der Waals surface area (Å²) in [4.78, 5) is 21.2. The second-order valence-electron chi connectivity index (χ2n) is 5.71. The number of aromatic nitrogens is 2. The molecule has 0 aliphatic heterocycles. The summed E-state index contributed by atoms with van der Waals surface area (Å²) >= 11 is 0. The Bertz CT molecular complexity index is 906. The normalized spacial score (nSPS) is 16.3. The number of rotatable bonds is 2. The van der Waals surface area contributed by atoms with Crippen molar-refractivity contribution >= 4 is 22.8 Å². The van der Waals surface area contributed by atoms with Gasteiger partial charge in [-0.1, -0.05) is 36.4 Å². The van der Waals surface area contributed by atoms with Crippen molar-refractivity contribution in [2.75, 3.05) is 5.73 Å². The van der Waals surface area contributed by atoms with Gasteiger partial charge in [0.15, 0.2) is 11.5 Å². The number of carbonyl (C=O) groups excluding carboxylic acids is 1. The van der Waals surface area contributed by atoms with E-state index < -0.39 is 0 Å². The molecule has 2 aromatic carbocycles. The van der Waals surface area contributed by atoms with Crippen molar-refractivity contribution in [1.82, 2.24) is 15.3 Å². The van der Waals surface area contributed by atoms with Gasteiger partial charge in [-0.25, -0.2) is 9.97 Å². The number of fused-ring (bicyclic) bond motifs is 2. The zero-order valence-electron chi connectivity index (χ0n) is 12.5. The van der Waals surface area contributed by atoms with Gasteiger partial charge in [-0.2, -0.15) is 0 Å². The topological polar surface area (TPSA) is 80.9 Å². The van der Waals surface area contributed by atoms with Crippen molar-refractivity contribution in [2.45, 2.75) is 18.9 Å². The fourth-order valence-electron chi connectivity index (χ4n) is 3.11. The van der Waals surface area contributed by atoms with Crippen molar-refractivity contribution in [1.29, 1.82) is 0 Å². The van der Waals surface area contributed by atoms with Crippen LogP contribution in [-0.4, -0.2) is 15.9 Å². The van der Waals surface area contributed by atoms with E-state index in [1.54, 1.807) is 0 Å². The standard InChI is InChI=1S/C18H16N4O/c19-17-16(20-14-7-3-4-8-15(14)21-17)18(23)22-13-10-9-11-5-1-2-6-12(11)13/h1-8,13H,9-10H2,(H2,19,21)(H,22,23)/t13-/m0/s1. The average Bonchev–Trinajstić information content (AvgIpc) is 2.97. The van der Waals surface area contributed by atoms with Crippen molar-refractivity contribution in [3.63, 3.8) is 0 Å². The Balaban J connectivity index is 1.64. The van der Waals surface area contributed by atoms with Crippen LogP contribution in [0.1, 0.15) is 34.1 Å². The first-order valence-electron chi connectivity index (χ1n) is 7.63. The molecule has 1 aliphatic rings. The van der Waals surface area contributed by atoms with E-state index >= 15 is 0 Å². The zero-order valence-corrected chi connectivity index (χ0v) is 12.5. The van der Waals surface area contributed by atoms with E-state index in [1.807, 2.05) is 36.4 Å². The number of nitrogens with zero attached hydrogens (tertiary/aromatic N) is 2. The molecule has 23 heavy (non-hydrogen) atoms. The van der Waals surface area contributed by atoms with Crippen LogP contribution in [0.4, 0.5) is 5.82 Å². The van der Waals surface area contributed by atoms with Gasteiger partial charge in [-0.3, -0.25) is 4.79 Å². The lowest BCUT2D eigenvalue weighted by atomic mass is 10.1. The molecule has 0 radical (unpaired) electrons. The number of hydrogen-bond acceptors (Lipinski definition) is 4. The molecule has 0 saturated heterocycles. The van der Waals surface area contributed by atoms with Crippen LogP contribution in [0, 0.1) is 0 Å². The minimum absolute atomic E-state index is 0.00590. The molecule has 5 heteroatoms. The third-order valence-electron chi connectivity index (χ3n) is 4.25. The quantitative estimate of drug-likeness (QED) is 0.762. The number of nitrogens with one attached hydrogen (secondary N) is 1. The van der Waals surface area contributed by atoms with Crippen LogP contribution in [0.25, 0.3) is 11.0 Å². The van der Waals surface area contributed by atoms with Crippen LogP contribution in [0.3, 0.4) is 0 Å². The lowest BCUT2D eigenvalue weighted by Gasteiger charge is -2.14. The molecule has 0 fully saturated rings. The summed E-state index contributed by atoms with van der Waals surface area (Å²) in [7, 11) is 0. The van der Waals surface area contributed by atoms with Crippen molar-refractivity contribution < 1.29 is 4.79 Å². The third-order valence-corrected chi connectivity index (χ3v) is 4.25. The number of aryl methyl sites for hydroxylation is 1. The first-order valence-corrected chi connectivity index (χ1v) is 7.63. The largest absolute Gasteiger partial charge is 0.382 e. The number of nitrogens with two attached hydrogens (primary N) is 1. The monoisotopic (exact) mass is 304 g/mol. The van der Waals surface area contributed by atoms with Crippen LogP contribution in [0.2, 0.25) is 0 Å². The average molecular weight is 304 g/mol. The Hall–Kier alpha value is -2.95. The van der Waals surface area contributed by atoms with Gasteiger partial charge in [-0.15, -0.1) is 0 Å². The van der Waals surface area contributed by atoms with E-state index in [-0.39, 0.29) is 23.5 Å². The Morgan fingerprint density at radius 3 is 2.57 bits per heavy atom. The smallest absolute Gasteiger partial charge is 0.274 e. The molecule has 1 aromatic heterocycles. The number of benzene rings is 2. The first kappa shape index (κ1) is 13.7. The van der Waals surface area contributed by atoms with Gasteiger partial charge in [0.25, 0.3) is 5.91 Å². The van der Waals surface area contributed by atoms with Gasteiger partial charge in [0.05, 0.1) is 17.1 Å². The van der Waals surface area contributed by atoms with Gasteiger partial charge in [0, 0.05) is 0 Å². The van der Waals surface area contributed by atoms with E-state index in [2.05, 4.69) is 27.4 Å². The molecule has 3 aromatic rings. The molecule has 0 bridgehead atoms. The van der Waals surface area contributed by atoms with E-state index in [9.17, 15) is 4.79 Å². The molecule has 1 aliphatic carbocycles. The number of hydrogen-bond donors (Lipinski definition) is 2. The number of amides is 1. The fraction of sp³-hybridized carbons (Fsp3) is 0.167. The van der Waals surface area contributed by atoms with Crippen LogP contribution < -0.4 is 11.1 Å². The van der Waals surface area contributed by atoms with Crippen LogP contribution >= 0.6 is 0 Å². The maximum Gasteiger partial charge on any atom is 0.274 e. The molecule has 4 rings (SSSR count). The van der Waals surface area contributed by atoms with E-state index in [0.717, 1.165) is 12.8 Å². The summed E-state index contributed by atoms with van der Waals surface area (Å²) in [6.07, 6.45) is 1.87. The van der Waals surface area contributed by atoms with E-state index in [1.165, 1.54) is 11.1 Å². The first-order chi connectivity index (χ1) is 11.2. The zero-order chi connectivity index (χ0) is 15.8. The minimum Gasteiger partial charge on any atom is -0.382 e. The highest BCUT2D eigenvalue weighted by molar-refractivity contribution is 5.98. The molecule has 5 nitrogen and oxygen atoms in total. The van der Waals surface area contributed by atoms with Gasteiger partial charge in [0.2, 0.25) is 0 Å². The molecule has 1 amide bonds. The molecule has 0 saturated carbocycles. The maximum atomic E-state index is 12.6. The highest BCUT2D eigenvalue weighted by Gasteiger charge is 2.25. The molecule has 0 unspecified atom stereocenters. The second kappa shape index (κ2) is 5.35. The van der Waals surface area contributed by atoms with Crippen molar-refractivity contribution in [3.8, 4) is 0 Å². The molecular formula is C18H16N4O. The Kier molecular flexibility index (Phi) is 3.19. The number of nitrogen functional groups attached to an aromatic ring is 1. The van der Waals surface area contributed by atoms with Crippen LogP contribution in [-0.2, 0) is 6.42 Å². The molecule has 1 heterocycles. The predicted molar refractivity (Wildman–Crippen MR) is 88.9 cm³/mol. The third kappa shape index (κ3) is 2.40. The number of para-hydroxylation sites is 2. The minimum atomic E-state index is -0.276. The van der Waals surface area contributed by atoms with Crippen molar-refractivity contribution in [2.24, 2.45) is 0 Å². The summed E-state index contributed by atoms with van der Waals surface area (Å²) in [5.74, 6) is -0.116. The lowest BCUT2D eigenvalue weighted by molar-refractivity contribution is 0.0932. The lowest BCUT2D eigenvalue weighted by Crippen LogP contribution is -2.29. The van der Waals surface area contributed by atoms with E-state index in [4.69, 9.17) is 5.73 Å². The highest BCUT2D eigenvalue weighted by atomic mass is 16.2. The molecule has 1 atom stereocenters. The van der Waals surface area contributed by atoms with Gasteiger partial charge in [-0.05, 0) is 36.1 Å². The SMILES string of the molecule is Nc1nc2ccccc2nc1C(=O)N[C@H]1CCc2ccccc21. The molecular weight excluding hydrogens is 288 g/mol. The Labute approximate surface area is 133 Å². The number of anilines is 1. The van der Waals surface area contributed by atoms with Crippen LogP contribution in [0.15, 0.2) is 48.5 Å². The van der Waals surface area contributed by atoms with Gasteiger partial charge in [0.1, 0.15) is 0 Å². The van der Waals surface area contributed by atoms with E-state index in [0.29, 0.717) is 11.0 Å². The van der Waals surface area contributed by atoms with Crippen molar-refractivity contribution in [3.05, 3.63) is 65.4 Å². The number of carbonyl (C=O) groups is 1. The van der Waals surface area contributed by atoms with Gasteiger partial charge < -0.3 is 11.1 Å². The van der Waals surface area contributed by atoms with Gasteiger partial charge >= 0.3 is 0 Å². The summed E-state index contributed by atoms with van der Waals surface area (Å²) in [6, 6.07) is 15.6.